The largest absolute Gasteiger partial charge is 0.516 e. The van der Waals surface area contributed by atoms with Crippen molar-refractivity contribution in [3.63, 3.8) is 0 Å². The number of nitrogens with zero attached hydrogens (tertiary/aromatic N) is 1. The molecule has 4 aromatic rings. The summed E-state index contributed by atoms with van der Waals surface area (Å²) in [6, 6.07) is 17.5. The fourth-order valence-corrected chi connectivity index (χ4v) is 4.75. The van der Waals surface area contributed by atoms with Crippen LogP contribution in [0.1, 0.15) is 11.4 Å². The molecule has 0 aliphatic rings. The number of H-pyrrole nitrogens is 1. The van der Waals surface area contributed by atoms with Crippen molar-refractivity contribution in [2.45, 2.75) is 23.2 Å². The number of nitrogens with one attached hydrogen (secondary N) is 2. The van der Waals surface area contributed by atoms with E-state index in [9.17, 15) is 30.0 Å². The van der Waals surface area contributed by atoms with Crippen molar-refractivity contribution >= 4 is 36.6 Å². The van der Waals surface area contributed by atoms with Crippen molar-refractivity contribution in [3.05, 3.63) is 78.1 Å². The lowest BCUT2D eigenvalue weighted by Crippen LogP contribution is -2.30. The molecule has 4 rings (SSSR count). The van der Waals surface area contributed by atoms with E-state index in [0.29, 0.717) is 35.3 Å². The Morgan fingerprint density at radius 2 is 1.60 bits per heavy atom. The Bertz CT molecular complexity index is 1600. The molecule has 12 heteroatoms. The van der Waals surface area contributed by atoms with Gasteiger partial charge in [-0.1, -0.05) is 36.4 Å². The van der Waals surface area contributed by atoms with Crippen LogP contribution in [0.25, 0.3) is 22.2 Å². The maximum Gasteiger partial charge on any atom is 0.516 e. The number of hydrogen-bond donors (Lipinski definition) is 2. The minimum absolute atomic E-state index is 0.197. The maximum absolute atomic E-state index is 12.8. The van der Waals surface area contributed by atoms with Crippen molar-refractivity contribution in [1.82, 2.24) is 9.97 Å². The molecule has 0 spiro atoms. The average Bonchev–Trinajstić information content (AvgIpc) is 3.19. The Morgan fingerprint density at radius 3 is 2.26 bits per heavy atom. The quantitative estimate of drug-likeness (QED) is 0.366. The number of anilines is 1. The van der Waals surface area contributed by atoms with Gasteiger partial charge in [-0.05, 0) is 47.9 Å². The normalized spacial score (nSPS) is 12.7. The van der Waals surface area contributed by atoms with Gasteiger partial charge < -0.3 is 4.98 Å². The zero-order chi connectivity index (χ0) is 25.4. The molecule has 3 aromatic carbocycles. The minimum Gasteiger partial charge on any atom is -0.342 e. The number of rotatable bonds is 7. The first-order chi connectivity index (χ1) is 16.3. The molecular weight excluding hydrogens is 503 g/mol. The second kappa shape index (κ2) is 9.00. The molecule has 0 atom stereocenters. The number of benzene rings is 3. The van der Waals surface area contributed by atoms with Crippen molar-refractivity contribution in [3.8, 4) is 11.1 Å². The van der Waals surface area contributed by atoms with E-state index in [1.165, 1.54) is 18.2 Å². The lowest BCUT2D eigenvalue weighted by Gasteiger charge is -2.14. The van der Waals surface area contributed by atoms with E-state index in [-0.39, 0.29) is 16.1 Å². The predicted molar refractivity (Wildman–Crippen MR) is 127 cm³/mol. The number of fused-ring (bicyclic) bond motifs is 1. The summed E-state index contributed by atoms with van der Waals surface area (Å²) in [7, 11) is -8.83. The Hall–Kier alpha value is -3.38. The summed E-state index contributed by atoms with van der Waals surface area (Å²) in [6.45, 7) is 0. The summed E-state index contributed by atoms with van der Waals surface area (Å²) in [5.74, 6) is 0.676. The Kier molecular flexibility index (Phi) is 6.36. The first kappa shape index (κ1) is 24.7. The van der Waals surface area contributed by atoms with Gasteiger partial charge in [-0.15, -0.1) is 0 Å². The molecule has 0 unspecified atom stereocenters. The Labute approximate surface area is 200 Å². The van der Waals surface area contributed by atoms with E-state index in [1.54, 1.807) is 53.3 Å². The van der Waals surface area contributed by atoms with Crippen molar-refractivity contribution in [2.75, 3.05) is 11.0 Å². The van der Waals surface area contributed by atoms with Crippen LogP contribution >= 0.6 is 0 Å². The molecule has 1 aromatic heterocycles. The second-order valence-electron chi connectivity index (χ2n) is 7.93. The van der Waals surface area contributed by atoms with Crippen LogP contribution in [0.4, 0.5) is 18.9 Å². The topological polar surface area (TPSA) is 109 Å². The van der Waals surface area contributed by atoms with Crippen LogP contribution in [0.3, 0.4) is 0 Å². The van der Waals surface area contributed by atoms with Gasteiger partial charge in [0.05, 0.1) is 21.6 Å². The third-order valence-electron chi connectivity index (χ3n) is 5.32. The number of sulfonamides is 1. The van der Waals surface area contributed by atoms with Gasteiger partial charge >= 0.3 is 15.5 Å². The molecular formula is C23H20F3N3O4S2. The van der Waals surface area contributed by atoms with Crippen molar-refractivity contribution in [1.29, 1.82) is 0 Å². The van der Waals surface area contributed by atoms with E-state index in [0.717, 1.165) is 11.8 Å². The van der Waals surface area contributed by atoms with Gasteiger partial charge in [0.2, 0.25) is 0 Å². The highest BCUT2D eigenvalue weighted by Gasteiger charge is 2.46. The van der Waals surface area contributed by atoms with Crippen LogP contribution in [0, 0.1) is 0 Å². The third-order valence-corrected chi connectivity index (χ3v) is 7.55. The van der Waals surface area contributed by atoms with Gasteiger partial charge in [-0.2, -0.15) is 21.6 Å². The lowest BCUT2D eigenvalue weighted by molar-refractivity contribution is -0.0429. The van der Waals surface area contributed by atoms with E-state index in [1.807, 2.05) is 0 Å². The highest BCUT2D eigenvalue weighted by molar-refractivity contribution is 7.93. The zero-order valence-corrected chi connectivity index (χ0v) is 19.9. The van der Waals surface area contributed by atoms with E-state index in [4.69, 9.17) is 0 Å². The van der Waals surface area contributed by atoms with Crippen LogP contribution in [-0.4, -0.2) is 38.6 Å². The van der Waals surface area contributed by atoms with Crippen LogP contribution in [0.15, 0.2) is 71.6 Å². The minimum atomic E-state index is -5.57. The molecule has 0 bridgehead atoms. The number of hydrogen-bond acceptors (Lipinski definition) is 5. The number of para-hydroxylation sites is 1. The second-order valence-corrected chi connectivity index (χ2v) is 11.6. The molecule has 7 nitrogen and oxygen atoms in total. The average molecular weight is 524 g/mol. The summed E-state index contributed by atoms with van der Waals surface area (Å²) in [6.07, 6.45) is 2.30. The molecule has 0 radical (unpaired) electrons. The first-order valence-electron chi connectivity index (χ1n) is 10.3. The molecule has 35 heavy (non-hydrogen) atoms. The first-order valence-corrected chi connectivity index (χ1v) is 13.7. The van der Waals surface area contributed by atoms with Crippen molar-refractivity contribution < 1.29 is 30.0 Å². The smallest absolute Gasteiger partial charge is 0.342 e. The molecule has 0 fully saturated rings. The molecule has 0 amide bonds. The fraction of sp³-hybridized carbons (Fsp3) is 0.174. The standard InChI is InChI=1S/C23H20F3N3O4S2/c1-34(30,31)17-10-6-15(7-11-17)8-13-22-27-20-12-9-16(14-21(20)28-22)18-4-2-3-5-19(18)29-35(32,33)23(24,25)26/h2-7,9-12,14,29H,8,13H2,1H3,(H,27,28). The molecule has 184 valence electrons. The number of alkyl halides is 3. The maximum atomic E-state index is 12.8. The SMILES string of the molecule is CS(=O)(=O)c1ccc(CCc2nc3cc(-c4ccccc4NS(=O)(=O)C(F)(F)F)ccc3[nH]2)cc1. The van der Waals surface area contributed by atoms with Crippen LogP contribution in [0.2, 0.25) is 0 Å². The monoisotopic (exact) mass is 523 g/mol. The number of halogens is 3. The van der Waals surface area contributed by atoms with Crippen LogP contribution in [0.5, 0.6) is 0 Å². The predicted octanol–water partition coefficient (Wildman–Crippen LogP) is 4.68. The summed E-state index contributed by atoms with van der Waals surface area (Å²) in [5, 5.41) is 0. The van der Waals surface area contributed by atoms with Gasteiger partial charge in [0.25, 0.3) is 0 Å². The summed E-state index contributed by atoms with van der Waals surface area (Å²) in [5.41, 5.74) is -2.65. The highest BCUT2D eigenvalue weighted by atomic mass is 32.2. The molecule has 0 saturated carbocycles. The van der Waals surface area contributed by atoms with Gasteiger partial charge in [0.15, 0.2) is 9.84 Å². The van der Waals surface area contributed by atoms with Crippen LogP contribution in [-0.2, 0) is 32.7 Å². The number of imidazole rings is 1. The molecule has 2 N–H and O–H groups in total. The van der Waals surface area contributed by atoms with Gasteiger partial charge in [0.1, 0.15) is 5.82 Å². The molecule has 0 aliphatic carbocycles. The number of aryl methyl sites for hydroxylation is 2. The van der Waals surface area contributed by atoms with Crippen LogP contribution < -0.4 is 4.72 Å². The zero-order valence-electron chi connectivity index (χ0n) is 18.3. The summed E-state index contributed by atoms with van der Waals surface area (Å²) >= 11 is 0. The lowest BCUT2D eigenvalue weighted by atomic mass is 10.0. The van der Waals surface area contributed by atoms with Crippen molar-refractivity contribution in [2.24, 2.45) is 0 Å². The Morgan fingerprint density at radius 1 is 0.914 bits per heavy atom. The van der Waals surface area contributed by atoms with E-state index < -0.39 is 25.4 Å². The van der Waals surface area contributed by atoms with Gasteiger partial charge in [-0.3, -0.25) is 4.72 Å². The van der Waals surface area contributed by atoms with E-state index >= 15 is 0 Å². The third kappa shape index (κ3) is 5.49. The number of aromatic nitrogens is 2. The van der Waals surface area contributed by atoms with E-state index in [2.05, 4.69) is 9.97 Å². The molecule has 0 aliphatic heterocycles. The number of aromatic amines is 1. The highest BCUT2D eigenvalue weighted by Crippen LogP contribution is 2.33. The summed E-state index contributed by atoms with van der Waals surface area (Å²) < 4.78 is 86.5. The number of sulfone groups is 1. The van der Waals surface area contributed by atoms with Gasteiger partial charge in [0, 0.05) is 18.2 Å². The fourth-order valence-electron chi connectivity index (χ4n) is 3.54. The molecule has 1 heterocycles. The summed E-state index contributed by atoms with van der Waals surface area (Å²) in [4.78, 5) is 7.98. The van der Waals surface area contributed by atoms with Gasteiger partial charge in [-0.25, -0.2) is 13.4 Å². The Balaban J connectivity index is 1.56. The molecule has 0 saturated heterocycles.